The Balaban J connectivity index is 1.57. The first-order valence-electron chi connectivity index (χ1n) is 10.2. The largest absolute Gasteiger partial charge is 0.424 e. The van der Waals surface area contributed by atoms with Gasteiger partial charge in [0.25, 0.3) is 0 Å². The molecule has 2 fully saturated rings. The summed E-state index contributed by atoms with van der Waals surface area (Å²) < 4.78 is 15.8. The number of hydrogen-bond donors (Lipinski definition) is 0. The van der Waals surface area contributed by atoms with Crippen molar-refractivity contribution in [3.05, 3.63) is 35.9 Å². The van der Waals surface area contributed by atoms with E-state index in [1.165, 1.54) is 0 Å². The average molecular weight is 388 g/mol. The second-order valence-corrected chi connectivity index (χ2v) is 7.69. The van der Waals surface area contributed by atoms with E-state index in [1.54, 1.807) is 0 Å². The zero-order valence-corrected chi connectivity index (χ0v) is 16.1. The third-order valence-electron chi connectivity index (χ3n) is 5.49. The van der Waals surface area contributed by atoms with Gasteiger partial charge in [-0.1, -0.05) is 56.0 Å². The minimum atomic E-state index is -1.53. The van der Waals surface area contributed by atoms with E-state index in [2.05, 4.69) is 0 Å². The molecule has 152 valence electrons. The lowest BCUT2D eigenvalue weighted by molar-refractivity contribution is -0.207. The lowest BCUT2D eigenvalue weighted by atomic mass is 10.0. The van der Waals surface area contributed by atoms with E-state index in [0.29, 0.717) is 0 Å². The number of benzene rings is 1. The van der Waals surface area contributed by atoms with E-state index in [9.17, 15) is 14.4 Å². The molecule has 0 radical (unpaired) electrons. The molecular formula is C22H28O6. The Hall–Kier alpha value is -2.21. The number of hydrogen-bond acceptors (Lipinski definition) is 6. The van der Waals surface area contributed by atoms with Gasteiger partial charge in [-0.15, -0.1) is 0 Å². The molecule has 0 bridgehead atoms. The number of ether oxygens (including phenoxy) is 3. The molecule has 0 heterocycles. The van der Waals surface area contributed by atoms with Crippen LogP contribution in [0.25, 0.3) is 0 Å². The summed E-state index contributed by atoms with van der Waals surface area (Å²) in [5.41, 5.74) is 0.828. The zero-order valence-electron chi connectivity index (χ0n) is 16.1. The molecule has 0 aliphatic heterocycles. The van der Waals surface area contributed by atoms with Gasteiger partial charge in [-0.25, -0.2) is 4.79 Å². The van der Waals surface area contributed by atoms with Crippen molar-refractivity contribution in [1.29, 1.82) is 0 Å². The highest BCUT2D eigenvalue weighted by atomic mass is 16.7. The van der Waals surface area contributed by atoms with Crippen LogP contribution in [0.2, 0.25) is 0 Å². The normalized spacial score (nSPS) is 18.7. The number of carbonyl (C=O) groups excluding carboxylic acids is 3. The third kappa shape index (κ3) is 6.16. The second-order valence-electron chi connectivity index (χ2n) is 7.69. The Bertz CT molecular complexity index is 659. The van der Waals surface area contributed by atoms with Gasteiger partial charge >= 0.3 is 24.2 Å². The summed E-state index contributed by atoms with van der Waals surface area (Å²) in [5.74, 6) is -1.95. The fourth-order valence-electron chi connectivity index (χ4n) is 3.91. The van der Waals surface area contributed by atoms with Gasteiger partial charge in [-0.3, -0.25) is 9.59 Å². The molecule has 1 aromatic carbocycles. The van der Waals surface area contributed by atoms with Crippen molar-refractivity contribution >= 4 is 17.9 Å². The van der Waals surface area contributed by atoms with Gasteiger partial charge in [0.05, 0.1) is 12.5 Å². The summed E-state index contributed by atoms with van der Waals surface area (Å²) in [4.78, 5) is 36.9. The standard InChI is InChI=1S/C22H28O6/c23-19(14-16-8-4-5-9-16)27-21(25)22(26-15-17-10-2-1-3-11-17)28-20(24)18-12-6-7-13-18/h1-3,10-11,16,18,22H,4-9,12-15H2. The van der Waals surface area contributed by atoms with Crippen LogP contribution in [0.15, 0.2) is 30.3 Å². The summed E-state index contributed by atoms with van der Waals surface area (Å²) in [6.07, 6.45) is 6.30. The average Bonchev–Trinajstić information content (AvgIpc) is 3.39. The van der Waals surface area contributed by atoms with Crippen molar-refractivity contribution in [2.45, 2.75) is 70.7 Å². The molecule has 0 amide bonds. The number of rotatable bonds is 8. The molecule has 0 aromatic heterocycles. The molecule has 6 nitrogen and oxygen atoms in total. The van der Waals surface area contributed by atoms with E-state index in [0.717, 1.165) is 56.9 Å². The highest BCUT2D eigenvalue weighted by molar-refractivity contribution is 5.88. The molecule has 1 atom stereocenters. The Labute approximate surface area is 165 Å². The highest BCUT2D eigenvalue weighted by Gasteiger charge is 2.33. The molecule has 0 saturated heterocycles. The van der Waals surface area contributed by atoms with E-state index in [4.69, 9.17) is 14.2 Å². The van der Waals surface area contributed by atoms with Crippen LogP contribution in [0.1, 0.15) is 63.4 Å². The van der Waals surface area contributed by atoms with Gasteiger partial charge in [0, 0.05) is 6.42 Å². The quantitative estimate of drug-likeness (QED) is 0.382. The Morgan fingerprint density at radius 1 is 0.929 bits per heavy atom. The minimum absolute atomic E-state index is 0.0787. The fraction of sp³-hybridized carbons (Fsp3) is 0.591. The van der Waals surface area contributed by atoms with Crippen LogP contribution < -0.4 is 0 Å². The van der Waals surface area contributed by atoms with Crippen LogP contribution in [-0.4, -0.2) is 24.2 Å². The predicted octanol–water partition coefficient (Wildman–Crippen LogP) is 3.91. The van der Waals surface area contributed by atoms with E-state index < -0.39 is 24.2 Å². The first-order valence-corrected chi connectivity index (χ1v) is 10.2. The third-order valence-corrected chi connectivity index (χ3v) is 5.49. The Morgan fingerprint density at radius 3 is 2.25 bits per heavy atom. The van der Waals surface area contributed by atoms with Crippen molar-refractivity contribution in [3.8, 4) is 0 Å². The molecule has 6 heteroatoms. The van der Waals surface area contributed by atoms with Gasteiger partial charge < -0.3 is 14.2 Å². The zero-order chi connectivity index (χ0) is 19.8. The maximum absolute atomic E-state index is 12.5. The fourth-order valence-corrected chi connectivity index (χ4v) is 3.91. The van der Waals surface area contributed by atoms with Crippen LogP contribution in [0.4, 0.5) is 0 Å². The summed E-state index contributed by atoms with van der Waals surface area (Å²) >= 11 is 0. The molecular weight excluding hydrogens is 360 g/mol. The molecule has 3 rings (SSSR count). The topological polar surface area (TPSA) is 78.9 Å². The predicted molar refractivity (Wildman–Crippen MR) is 101 cm³/mol. The van der Waals surface area contributed by atoms with Gasteiger partial charge in [0.2, 0.25) is 0 Å². The van der Waals surface area contributed by atoms with Gasteiger partial charge in [0.15, 0.2) is 0 Å². The van der Waals surface area contributed by atoms with Crippen LogP contribution in [0.5, 0.6) is 0 Å². The maximum atomic E-state index is 12.5. The molecule has 2 aliphatic carbocycles. The van der Waals surface area contributed by atoms with Crippen molar-refractivity contribution < 1.29 is 28.6 Å². The first kappa shape index (κ1) is 20.5. The van der Waals surface area contributed by atoms with Crippen LogP contribution >= 0.6 is 0 Å². The molecule has 28 heavy (non-hydrogen) atoms. The SMILES string of the molecule is O=C(CC1CCCC1)OC(=O)C(OCc1ccccc1)OC(=O)C1CCCC1. The minimum Gasteiger partial charge on any atom is -0.424 e. The van der Waals surface area contributed by atoms with Crippen molar-refractivity contribution in [3.63, 3.8) is 0 Å². The van der Waals surface area contributed by atoms with E-state index >= 15 is 0 Å². The highest BCUT2D eigenvalue weighted by Crippen LogP contribution is 2.28. The summed E-state index contributed by atoms with van der Waals surface area (Å²) in [5, 5.41) is 0. The van der Waals surface area contributed by atoms with E-state index in [1.807, 2.05) is 30.3 Å². The van der Waals surface area contributed by atoms with Crippen LogP contribution in [0.3, 0.4) is 0 Å². The summed E-state index contributed by atoms with van der Waals surface area (Å²) in [6.45, 7) is 0.0787. The molecule has 1 unspecified atom stereocenters. The van der Waals surface area contributed by atoms with Crippen molar-refractivity contribution in [1.82, 2.24) is 0 Å². The van der Waals surface area contributed by atoms with Crippen LogP contribution in [0, 0.1) is 11.8 Å². The molecule has 0 spiro atoms. The lowest BCUT2D eigenvalue weighted by Crippen LogP contribution is -2.35. The van der Waals surface area contributed by atoms with E-state index in [-0.39, 0.29) is 24.9 Å². The smallest absolute Gasteiger partial charge is 0.384 e. The van der Waals surface area contributed by atoms with Gasteiger partial charge in [-0.2, -0.15) is 0 Å². The van der Waals surface area contributed by atoms with Crippen molar-refractivity contribution in [2.24, 2.45) is 11.8 Å². The number of carbonyl (C=O) groups is 3. The first-order chi connectivity index (χ1) is 13.6. The van der Waals surface area contributed by atoms with Gasteiger partial charge in [-0.05, 0) is 37.2 Å². The lowest BCUT2D eigenvalue weighted by Gasteiger charge is -2.19. The van der Waals surface area contributed by atoms with Crippen LogP contribution in [-0.2, 0) is 35.2 Å². The van der Waals surface area contributed by atoms with Crippen molar-refractivity contribution in [2.75, 3.05) is 0 Å². The number of esters is 3. The molecule has 0 N–H and O–H groups in total. The molecule has 2 aliphatic rings. The van der Waals surface area contributed by atoms with Gasteiger partial charge in [0.1, 0.15) is 0 Å². The maximum Gasteiger partial charge on any atom is 0.384 e. The summed E-state index contributed by atoms with van der Waals surface area (Å²) in [6, 6.07) is 9.25. The Morgan fingerprint density at radius 2 is 1.57 bits per heavy atom. The molecule has 2 saturated carbocycles. The summed E-state index contributed by atoms with van der Waals surface area (Å²) in [7, 11) is 0. The monoisotopic (exact) mass is 388 g/mol. The Kier molecular flexibility index (Phi) is 7.60. The second kappa shape index (κ2) is 10.4. The molecule has 1 aromatic rings.